The molecule has 1 aliphatic rings. The van der Waals surface area contributed by atoms with Crippen LogP contribution < -0.4 is 9.64 Å². The summed E-state index contributed by atoms with van der Waals surface area (Å²) in [6.07, 6.45) is 5.36. The van der Waals surface area contributed by atoms with Gasteiger partial charge >= 0.3 is 0 Å². The van der Waals surface area contributed by atoms with E-state index in [1.54, 1.807) is 23.4 Å². The third-order valence-corrected chi connectivity index (χ3v) is 4.42. The topological polar surface area (TPSA) is 58.6 Å². The molecule has 2 aromatic rings. The lowest BCUT2D eigenvalue weighted by atomic mass is 9.97. The molecule has 6 nitrogen and oxygen atoms in total. The molecule has 1 atom stereocenters. The number of aromatic nitrogens is 2. The minimum absolute atomic E-state index is 0.0146. The van der Waals surface area contributed by atoms with E-state index in [-0.39, 0.29) is 11.8 Å². The highest BCUT2D eigenvalue weighted by Crippen LogP contribution is 2.21. The standard InChI is InChI=1S/C19H24N4O2/c1-22(13-14-25-17-8-3-2-4-9-17)18(24)16-7-5-12-23(15-16)19-20-10-6-11-21-19/h2-4,6,8-11,16H,5,7,12-15H2,1H3. The molecule has 0 aliphatic carbocycles. The minimum atomic E-state index is -0.0146. The normalized spacial score (nSPS) is 17.2. The quantitative estimate of drug-likeness (QED) is 0.807. The number of carbonyl (C=O) groups is 1. The molecule has 1 aliphatic heterocycles. The molecular weight excluding hydrogens is 316 g/mol. The third-order valence-electron chi connectivity index (χ3n) is 4.42. The van der Waals surface area contributed by atoms with Gasteiger partial charge < -0.3 is 14.5 Å². The number of hydrogen-bond acceptors (Lipinski definition) is 5. The van der Waals surface area contributed by atoms with Crippen LogP contribution in [0.1, 0.15) is 12.8 Å². The number of anilines is 1. The number of benzene rings is 1. The van der Waals surface area contributed by atoms with Crippen LogP contribution in [0.5, 0.6) is 5.75 Å². The fraction of sp³-hybridized carbons (Fsp3) is 0.421. The molecule has 6 heteroatoms. The number of piperidine rings is 1. The average molecular weight is 340 g/mol. The van der Waals surface area contributed by atoms with E-state index < -0.39 is 0 Å². The van der Waals surface area contributed by atoms with Crippen molar-refractivity contribution in [1.29, 1.82) is 0 Å². The van der Waals surface area contributed by atoms with E-state index in [2.05, 4.69) is 14.9 Å². The zero-order chi connectivity index (χ0) is 17.5. The number of ether oxygens (including phenoxy) is 1. The van der Waals surface area contributed by atoms with Crippen molar-refractivity contribution in [2.24, 2.45) is 5.92 Å². The molecule has 1 amide bonds. The number of amides is 1. The van der Waals surface area contributed by atoms with Crippen molar-refractivity contribution in [1.82, 2.24) is 14.9 Å². The number of nitrogens with zero attached hydrogens (tertiary/aromatic N) is 4. The van der Waals surface area contributed by atoms with Gasteiger partial charge in [0.2, 0.25) is 11.9 Å². The number of hydrogen-bond donors (Lipinski definition) is 0. The first kappa shape index (κ1) is 17.2. The molecule has 0 bridgehead atoms. The summed E-state index contributed by atoms with van der Waals surface area (Å²) in [5.41, 5.74) is 0. The predicted octanol–water partition coefficient (Wildman–Crippen LogP) is 2.23. The Balaban J connectivity index is 1.49. The van der Waals surface area contributed by atoms with Gasteiger partial charge in [0.05, 0.1) is 12.5 Å². The second-order valence-corrected chi connectivity index (χ2v) is 6.26. The van der Waals surface area contributed by atoms with Crippen LogP contribution in [0.15, 0.2) is 48.8 Å². The van der Waals surface area contributed by atoms with Crippen LogP contribution in [0.2, 0.25) is 0 Å². The maximum atomic E-state index is 12.7. The summed E-state index contributed by atoms with van der Waals surface area (Å²) in [6, 6.07) is 11.5. The molecular formula is C19H24N4O2. The maximum Gasteiger partial charge on any atom is 0.227 e. The molecule has 1 fully saturated rings. The summed E-state index contributed by atoms with van der Waals surface area (Å²) >= 11 is 0. The van der Waals surface area contributed by atoms with Crippen LogP contribution in [0.3, 0.4) is 0 Å². The van der Waals surface area contributed by atoms with Crippen molar-refractivity contribution >= 4 is 11.9 Å². The number of carbonyl (C=O) groups excluding carboxylic acids is 1. The van der Waals surface area contributed by atoms with Crippen LogP contribution in [0.4, 0.5) is 5.95 Å². The molecule has 0 radical (unpaired) electrons. The first-order chi connectivity index (χ1) is 12.2. The average Bonchev–Trinajstić information content (AvgIpc) is 2.69. The second kappa shape index (κ2) is 8.46. The first-order valence-electron chi connectivity index (χ1n) is 8.69. The van der Waals surface area contributed by atoms with E-state index in [1.165, 1.54) is 0 Å². The van der Waals surface area contributed by atoms with Crippen molar-refractivity contribution in [2.75, 3.05) is 38.2 Å². The summed E-state index contributed by atoms with van der Waals surface area (Å²) in [7, 11) is 1.84. The Hall–Kier alpha value is -2.63. The fourth-order valence-electron chi connectivity index (χ4n) is 3.05. The van der Waals surface area contributed by atoms with Crippen molar-refractivity contribution in [3.8, 4) is 5.75 Å². The molecule has 0 spiro atoms. The highest BCUT2D eigenvalue weighted by atomic mass is 16.5. The fourth-order valence-corrected chi connectivity index (χ4v) is 3.05. The predicted molar refractivity (Wildman–Crippen MR) is 96.5 cm³/mol. The SMILES string of the molecule is CN(CCOc1ccccc1)C(=O)C1CCCN(c2ncccn2)C1. The number of likely N-dealkylation sites (N-methyl/N-ethyl adjacent to an activating group) is 1. The van der Waals surface area contributed by atoms with Crippen molar-refractivity contribution in [3.05, 3.63) is 48.8 Å². The van der Waals surface area contributed by atoms with Gasteiger partial charge in [-0.3, -0.25) is 4.79 Å². The zero-order valence-corrected chi connectivity index (χ0v) is 14.5. The summed E-state index contributed by atoms with van der Waals surface area (Å²) in [5, 5.41) is 0. The number of para-hydroxylation sites is 1. The lowest BCUT2D eigenvalue weighted by Gasteiger charge is -2.33. The van der Waals surface area contributed by atoms with Crippen LogP contribution in [0, 0.1) is 5.92 Å². The van der Waals surface area contributed by atoms with Crippen molar-refractivity contribution in [2.45, 2.75) is 12.8 Å². The molecule has 2 heterocycles. The van der Waals surface area contributed by atoms with Gasteiger partial charge in [-0.1, -0.05) is 18.2 Å². The highest BCUT2D eigenvalue weighted by molar-refractivity contribution is 5.79. The molecule has 1 saturated heterocycles. The van der Waals surface area contributed by atoms with Crippen LogP contribution in [-0.2, 0) is 4.79 Å². The smallest absolute Gasteiger partial charge is 0.227 e. The summed E-state index contributed by atoms with van der Waals surface area (Å²) in [5.74, 6) is 1.68. The Morgan fingerprint density at radius 1 is 1.24 bits per heavy atom. The Kier molecular flexibility index (Phi) is 5.82. The second-order valence-electron chi connectivity index (χ2n) is 6.26. The molecule has 132 valence electrons. The van der Waals surface area contributed by atoms with E-state index in [0.29, 0.717) is 25.6 Å². The van der Waals surface area contributed by atoms with Gasteiger partial charge in [0.15, 0.2) is 0 Å². The molecule has 0 N–H and O–H groups in total. The molecule has 3 rings (SSSR count). The molecule has 1 aromatic carbocycles. The van der Waals surface area contributed by atoms with Gasteiger partial charge in [-0.2, -0.15) is 0 Å². The van der Waals surface area contributed by atoms with Gasteiger partial charge in [0, 0.05) is 32.5 Å². The minimum Gasteiger partial charge on any atom is -0.492 e. The largest absolute Gasteiger partial charge is 0.492 e. The molecule has 0 saturated carbocycles. The molecule has 1 unspecified atom stereocenters. The lowest BCUT2D eigenvalue weighted by molar-refractivity contribution is -0.134. The highest BCUT2D eigenvalue weighted by Gasteiger charge is 2.28. The summed E-state index contributed by atoms with van der Waals surface area (Å²) in [4.78, 5) is 25.2. The monoisotopic (exact) mass is 340 g/mol. The van der Waals surface area contributed by atoms with E-state index in [0.717, 1.165) is 25.1 Å². The Morgan fingerprint density at radius 3 is 2.76 bits per heavy atom. The van der Waals surface area contributed by atoms with Crippen molar-refractivity contribution in [3.63, 3.8) is 0 Å². The molecule has 25 heavy (non-hydrogen) atoms. The maximum absolute atomic E-state index is 12.7. The summed E-state index contributed by atoms with van der Waals surface area (Å²) in [6.45, 7) is 2.64. The third kappa shape index (κ3) is 4.68. The van der Waals surface area contributed by atoms with Gasteiger partial charge in [-0.25, -0.2) is 9.97 Å². The van der Waals surface area contributed by atoms with Gasteiger partial charge in [0.1, 0.15) is 12.4 Å². The van der Waals surface area contributed by atoms with Crippen LogP contribution in [-0.4, -0.2) is 54.1 Å². The van der Waals surface area contributed by atoms with E-state index in [4.69, 9.17) is 4.74 Å². The Labute approximate surface area is 148 Å². The van der Waals surface area contributed by atoms with Gasteiger partial charge in [-0.05, 0) is 31.0 Å². The first-order valence-corrected chi connectivity index (χ1v) is 8.69. The number of rotatable bonds is 6. The van der Waals surface area contributed by atoms with Gasteiger partial charge in [0.25, 0.3) is 0 Å². The van der Waals surface area contributed by atoms with Crippen LogP contribution in [0.25, 0.3) is 0 Å². The van der Waals surface area contributed by atoms with E-state index >= 15 is 0 Å². The zero-order valence-electron chi connectivity index (χ0n) is 14.5. The van der Waals surface area contributed by atoms with Gasteiger partial charge in [-0.15, -0.1) is 0 Å². The van der Waals surface area contributed by atoms with Crippen LogP contribution >= 0.6 is 0 Å². The Morgan fingerprint density at radius 2 is 2.00 bits per heavy atom. The van der Waals surface area contributed by atoms with E-state index in [1.807, 2.05) is 37.4 Å². The molecule has 1 aromatic heterocycles. The lowest BCUT2D eigenvalue weighted by Crippen LogP contribution is -2.45. The Bertz CT molecular complexity index is 666. The van der Waals surface area contributed by atoms with E-state index in [9.17, 15) is 4.79 Å². The summed E-state index contributed by atoms with van der Waals surface area (Å²) < 4.78 is 5.68. The van der Waals surface area contributed by atoms with Crippen molar-refractivity contribution < 1.29 is 9.53 Å².